The standard InChI is InChI=1S/C19H26N2O2S/c1-14(16-4-5-16)12-18(22)20-17-6-2-15(3-7-17)13-19(23)21-8-10-24-11-9-21/h2-3,6-7,14,16H,4-5,8-13H2,1H3,(H,20,22)/t14-/m1/s1. The summed E-state index contributed by atoms with van der Waals surface area (Å²) in [4.78, 5) is 26.3. The summed E-state index contributed by atoms with van der Waals surface area (Å²) in [5, 5.41) is 2.96. The van der Waals surface area contributed by atoms with Gasteiger partial charge in [0.25, 0.3) is 0 Å². The van der Waals surface area contributed by atoms with Gasteiger partial charge in [-0.05, 0) is 42.4 Å². The number of nitrogens with one attached hydrogen (secondary N) is 1. The number of benzene rings is 1. The van der Waals surface area contributed by atoms with Gasteiger partial charge in [0.15, 0.2) is 0 Å². The second kappa shape index (κ2) is 8.06. The van der Waals surface area contributed by atoms with Crippen molar-refractivity contribution in [1.82, 2.24) is 4.90 Å². The van der Waals surface area contributed by atoms with Crippen molar-refractivity contribution in [2.24, 2.45) is 11.8 Å². The summed E-state index contributed by atoms with van der Waals surface area (Å²) >= 11 is 1.91. The van der Waals surface area contributed by atoms with Gasteiger partial charge >= 0.3 is 0 Å². The van der Waals surface area contributed by atoms with Crippen LogP contribution in [0.5, 0.6) is 0 Å². The van der Waals surface area contributed by atoms with E-state index in [-0.39, 0.29) is 11.8 Å². The topological polar surface area (TPSA) is 49.4 Å². The zero-order valence-electron chi connectivity index (χ0n) is 14.3. The minimum atomic E-state index is 0.0871. The first-order valence-corrected chi connectivity index (χ1v) is 10.0. The third-order valence-corrected chi connectivity index (χ3v) is 5.83. The van der Waals surface area contributed by atoms with Crippen LogP contribution in [-0.2, 0) is 16.0 Å². The molecular formula is C19H26N2O2S. The Morgan fingerprint density at radius 2 is 1.88 bits per heavy atom. The maximum atomic E-state index is 12.3. The number of carbonyl (C=O) groups excluding carboxylic acids is 2. The lowest BCUT2D eigenvalue weighted by molar-refractivity contribution is -0.130. The van der Waals surface area contributed by atoms with Gasteiger partial charge in [0, 0.05) is 36.7 Å². The molecule has 24 heavy (non-hydrogen) atoms. The summed E-state index contributed by atoms with van der Waals surface area (Å²) in [6.45, 7) is 3.87. The number of carbonyl (C=O) groups is 2. The van der Waals surface area contributed by atoms with Crippen molar-refractivity contribution in [2.45, 2.75) is 32.6 Å². The van der Waals surface area contributed by atoms with E-state index < -0.39 is 0 Å². The maximum absolute atomic E-state index is 12.3. The van der Waals surface area contributed by atoms with Crippen molar-refractivity contribution in [1.29, 1.82) is 0 Å². The number of thioether (sulfide) groups is 1. The Balaban J connectivity index is 1.47. The summed E-state index contributed by atoms with van der Waals surface area (Å²) in [5.41, 5.74) is 1.82. The van der Waals surface area contributed by atoms with Gasteiger partial charge in [-0.1, -0.05) is 19.1 Å². The molecule has 0 aromatic heterocycles. The van der Waals surface area contributed by atoms with E-state index in [1.807, 2.05) is 40.9 Å². The van der Waals surface area contributed by atoms with E-state index in [9.17, 15) is 9.59 Å². The lowest BCUT2D eigenvalue weighted by atomic mass is 10.0. The van der Waals surface area contributed by atoms with Gasteiger partial charge in [0.1, 0.15) is 0 Å². The number of nitrogens with zero attached hydrogens (tertiary/aromatic N) is 1. The average molecular weight is 346 g/mol. The summed E-state index contributed by atoms with van der Waals surface area (Å²) in [7, 11) is 0. The molecule has 1 saturated heterocycles. The fourth-order valence-corrected chi connectivity index (χ4v) is 4.04. The highest BCUT2D eigenvalue weighted by molar-refractivity contribution is 7.99. The van der Waals surface area contributed by atoms with E-state index in [2.05, 4.69) is 12.2 Å². The Hall–Kier alpha value is -1.49. The number of hydrogen-bond donors (Lipinski definition) is 1. The fourth-order valence-electron chi connectivity index (χ4n) is 3.14. The molecule has 2 fully saturated rings. The summed E-state index contributed by atoms with van der Waals surface area (Å²) in [5.74, 6) is 3.59. The molecule has 1 saturated carbocycles. The first-order valence-electron chi connectivity index (χ1n) is 8.86. The maximum Gasteiger partial charge on any atom is 0.227 e. The van der Waals surface area contributed by atoms with Gasteiger partial charge < -0.3 is 10.2 Å². The van der Waals surface area contributed by atoms with Crippen molar-refractivity contribution >= 4 is 29.3 Å². The Morgan fingerprint density at radius 1 is 1.21 bits per heavy atom. The van der Waals surface area contributed by atoms with Crippen LogP contribution in [-0.4, -0.2) is 41.3 Å². The van der Waals surface area contributed by atoms with Gasteiger partial charge in [0.05, 0.1) is 6.42 Å². The van der Waals surface area contributed by atoms with Crippen LogP contribution in [0, 0.1) is 11.8 Å². The molecule has 1 aliphatic heterocycles. The highest BCUT2D eigenvalue weighted by Crippen LogP contribution is 2.38. The van der Waals surface area contributed by atoms with E-state index in [1.165, 1.54) is 12.8 Å². The second-order valence-electron chi connectivity index (χ2n) is 6.93. The molecule has 3 rings (SSSR count). The van der Waals surface area contributed by atoms with Gasteiger partial charge in [-0.3, -0.25) is 9.59 Å². The van der Waals surface area contributed by atoms with Crippen LogP contribution in [0.25, 0.3) is 0 Å². The first kappa shape index (κ1) is 17.3. The first-order chi connectivity index (χ1) is 11.6. The third kappa shape index (κ3) is 5.00. The molecule has 1 aromatic carbocycles. The van der Waals surface area contributed by atoms with Crippen LogP contribution in [0.15, 0.2) is 24.3 Å². The van der Waals surface area contributed by atoms with Gasteiger partial charge in [-0.2, -0.15) is 11.8 Å². The third-order valence-electron chi connectivity index (χ3n) is 4.89. The molecule has 2 amide bonds. The quantitative estimate of drug-likeness (QED) is 0.861. The molecule has 0 unspecified atom stereocenters. The van der Waals surface area contributed by atoms with Gasteiger partial charge in [-0.25, -0.2) is 0 Å². The highest BCUT2D eigenvalue weighted by Gasteiger charge is 2.29. The molecule has 1 heterocycles. The van der Waals surface area contributed by atoms with Crippen LogP contribution in [0.4, 0.5) is 5.69 Å². The van der Waals surface area contributed by atoms with Crippen molar-refractivity contribution < 1.29 is 9.59 Å². The van der Waals surface area contributed by atoms with Crippen molar-refractivity contribution in [2.75, 3.05) is 29.9 Å². The molecule has 5 heteroatoms. The predicted octanol–water partition coefficient (Wildman–Crippen LogP) is 3.18. The van der Waals surface area contributed by atoms with Crippen molar-refractivity contribution in [3.05, 3.63) is 29.8 Å². The van der Waals surface area contributed by atoms with Crippen LogP contribution in [0.3, 0.4) is 0 Å². The Kier molecular flexibility index (Phi) is 5.82. The van der Waals surface area contributed by atoms with Crippen LogP contribution in [0.2, 0.25) is 0 Å². The molecule has 2 aliphatic rings. The predicted molar refractivity (Wildman–Crippen MR) is 99.2 cm³/mol. The van der Waals surface area contributed by atoms with E-state index in [1.54, 1.807) is 0 Å². The van der Waals surface area contributed by atoms with Gasteiger partial charge in [-0.15, -0.1) is 0 Å². The smallest absolute Gasteiger partial charge is 0.227 e. The number of anilines is 1. The summed E-state index contributed by atoms with van der Waals surface area (Å²) in [6.07, 6.45) is 3.58. The molecule has 1 aromatic rings. The van der Waals surface area contributed by atoms with E-state index >= 15 is 0 Å². The number of hydrogen-bond acceptors (Lipinski definition) is 3. The van der Waals surface area contributed by atoms with Crippen molar-refractivity contribution in [3.8, 4) is 0 Å². The lowest BCUT2D eigenvalue weighted by Gasteiger charge is -2.26. The van der Waals surface area contributed by atoms with E-state index in [4.69, 9.17) is 0 Å². The van der Waals surface area contributed by atoms with Gasteiger partial charge in [0.2, 0.25) is 11.8 Å². The molecule has 4 nitrogen and oxygen atoms in total. The zero-order valence-corrected chi connectivity index (χ0v) is 15.1. The summed E-state index contributed by atoms with van der Waals surface area (Å²) < 4.78 is 0. The molecule has 1 atom stereocenters. The average Bonchev–Trinajstić information content (AvgIpc) is 3.42. The minimum absolute atomic E-state index is 0.0871. The molecular weight excluding hydrogens is 320 g/mol. The number of rotatable bonds is 6. The fraction of sp³-hybridized carbons (Fsp3) is 0.579. The largest absolute Gasteiger partial charge is 0.341 e. The van der Waals surface area contributed by atoms with Crippen molar-refractivity contribution in [3.63, 3.8) is 0 Å². The zero-order chi connectivity index (χ0) is 16.9. The van der Waals surface area contributed by atoms with E-state index in [0.29, 0.717) is 18.8 Å². The molecule has 0 radical (unpaired) electrons. The Morgan fingerprint density at radius 3 is 2.50 bits per heavy atom. The van der Waals surface area contributed by atoms with Crippen LogP contribution >= 0.6 is 11.8 Å². The highest BCUT2D eigenvalue weighted by atomic mass is 32.2. The number of amides is 2. The monoisotopic (exact) mass is 346 g/mol. The van der Waals surface area contributed by atoms with E-state index in [0.717, 1.165) is 41.8 Å². The molecule has 1 aliphatic carbocycles. The van der Waals surface area contributed by atoms with Crippen LogP contribution in [0.1, 0.15) is 31.7 Å². The minimum Gasteiger partial charge on any atom is -0.341 e. The van der Waals surface area contributed by atoms with Crippen LogP contribution < -0.4 is 5.32 Å². The molecule has 1 N–H and O–H groups in total. The molecule has 130 valence electrons. The molecule has 0 spiro atoms. The normalized spacial score (nSPS) is 19.0. The Labute approximate surface area is 148 Å². The summed E-state index contributed by atoms with van der Waals surface area (Å²) in [6, 6.07) is 7.68. The Bertz CT molecular complexity index is 578. The SMILES string of the molecule is C[C@H](CC(=O)Nc1ccc(CC(=O)N2CCSCC2)cc1)C1CC1. The lowest BCUT2D eigenvalue weighted by Crippen LogP contribution is -2.38. The second-order valence-corrected chi connectivity index (χ2v) is 8.16. The molecule has 0 bridgehead atoms.